The lowest BCUT2D eigenvalue weighted by Crippen LogP contribution is -2.21. The van der Waals surface area contributed by atoms with Gasteiger partial charge in [-0.25, -0.2) is 8.42 Å². The molecule has 0 fully saturated rings. The van der Waals surface area contributed by atoms with Gasteiger partial charge in [-0.1, -0.05) is 17.7 Å². The van der Waals surface area contributed by atoms with Crippen LogP contribution in [-0.4, -0.2) is 21.4 Å². The number of amides is 1. The monoisotopic (exact) mass is 310 g/mol. The van der Waals surface area contributed by atoms with Gasteiger partial charge in [0.15, 0.2) is 0 Å². The molecule has 5 nitrogen and oxygen atoms in total. The molecule has 2 aromatic rings. The molecule has 0 unspecified atom stereocenters. The number of thiophene rings is 1. The van der Waals surface area contributed by atoms with E-state index in [0.717, 1.165) is 16.9 Å². The van der Waals surface area contributed by atoms with Gasteiger partial charge in [-0.15, -0.1) is 11.3 Å². The number of carbonyl (C=O) groups excluding carboxylic acids is 1. The second-order valence-corrected chi connectivity index (χ2v) is 6.73. The van der Waals surface area contributed by atoms with E-state index >= 15 is 0 Å². The van der Waals surface area contributed by atoms with E-state index in [2.05, 4.69) is 10.0 Å². The minimum Gasteiger partial charge on any atom is -0.354 e. The Balaban J connectivity index is 2.34. The molecule has 1 aromatic heterocycles. The molecule has 0 aliphatic carbocycles. The molecule has 7 heteroatoms. The van der Waals surface area contributed by atoms with Crippen molar-refractivity contribution >= 4 is 33.0 Å². The Morgan fingerprint density at radius 1 is 1.15 bits per heavy atom. The van der Waals surface area contributed by atoms with Crippen LogP contribution in [-0.2, 0) is 10.0 Å². The van der Waals surface area contributed by atoms with Crippen molar-refractivity contribution in [3.05, 3.63) is 46.2 Å². The van der Waals surface area contributed by atoms with E-state index in [4.69, 9.17) is 0 Å². The zero-order chi connectivity index (χ0) is 14.8. The largest absolute Gasteiger partial charge is 0.354 e. The highest BCUT2D eigenvalue weighted by atomic mass is 32.2. The van der Waals surface area contributed by atoms with Crippen molar-refractivity contribution in [3.8, 4) is 0 Å². The van der Waals surface area contributed by atoms with Crippen LogP contribution in [0, 0.1) is 6.92 Å². The lowest BCUT2D eigenvalue weighted by molar-refractivity contribution is 0.0964. The quantitative estimate of drug-likeness (QED) is 0.909. The van der Waals surface area contributed by atoms with E-state index in [-0.39, 0.29) is 9.77 Å². The first-order chi connectivity index (χ1) is 9.44. The number of rotatable bonds is 4. The smallest absolute Gasteiger partial charge is 0.263 e. The van der Waals surface area contributed by atoms with Gasteiger partial charge in [-0.3, -0.25) is 9.52 Å². The normalized spacial score (nSPS) is 11.1. The van der Waals surface area contributed by atoms with Crippen LogP contribution in [0.4, 0.5) is 5.69 Å². The predicted molar refractivity (Wildman–Crippen MR) is 79.7 cm³/mol. The van der Waals surface area contributed by atoms with E-state index in [1.165, 1.54) is 13.1 Å². The van der Waals surface area contributed by atoms with Crippen LogP contribution in [0.1, 0.15) is 15.2 Å². The molecular formula is C13H14N2O3S2. The molecule has 0 aliphatic heterocycles. The standard InChI is InChI=1S/C13H14N2O3S2/c1-9-3-5-10(6-4-9)15-20(17,18)11-7-8-19-12(11)13(16)14-2/h3-8,15H,1-2H3,(H,14,16). The SMILES string of the molecule is CNC(=O)c1sccc1S(=O)(=O)Nc1ccc(C)cc1. The van der Waals surface area contributed by atoms with E-state index in [1.807, 2.05) is 19.1 Å². The van der Waals surface area contributed by atoms with E-state index in [9.17, 15) is 13.2 Å². The van der Waals surface area contributed by atoms with Gasteiger partial charge in [0.1, 0.15) is 9.77 Å². The summed E-state index contributed by atoms with van der Waals surface area (Å²) < 4.78 is 27.1. The van der Waals surface area contributed by atoms with Gasteiger partial charge in [0.05, 0.1) is 0 Å². The first-order valence-electron chi connectivity index (χ1n) is 5.83. The lowest BCUT2D eigenvalue weighted by Gasteiger charge is -2.08. The van der Waals surface area contributed by atoms with Crippen LogP contribution in [0.5, 0.6) is 0 Å². The Morgan fingerprint density at radius 2 is 1.80 bits per heavy atom. The topological polar surface area (TPSA) is 75.3 Å². The molecule has 0 radical (unpaired) electrons. The third kappa shape index (κ3) is 3.00. The highest BCUT2D eigenvalue weighted by molar-refractivity contribution is 7.93. The second-order valence-electron chi connectivity index (χ2n) is 4.16. The van der Waals surface area contributed by atoms with E-state index < -0.39 is 15.9 Å². The fourth-order valence-electron chi connectivity index (χ4n) is 1.62. The fourth-order valence-corrected chi connectivity index (χ4v) is 4.05. The maximum absolute atomic E-state index is 12.3. The highest BCUT2D eigenvalue weighted by Crippen LogP contribution is 2.24. The van der Waals surface area contributed by atoms with Crippen LogP contribution in [0.15, 0.2) is 40.6 Å². The number of sulfonamides is 1. The summed E-state index contributed by atoms with van der Waals surface area (Å²) in [5.74, 6) is -0.413. The van der Waals surface area contributed by atoms with Crippen molar-refractivity contribution in [2.45, 2.75) is 11.8 Å². The number of carbonyl (C=O) groups is 1. The molecule has 0 bridgehead atoms. The van der Waals surface area contributed by atoms with Gasteiger partial charge in [-0.05, 0) is 30.5 Å². The van der Waals surface area contributed by atoms with Crippen molar-refractivity contribution in [2.24, 2.45) is 0 Å². The van der Waals surface area contributed by atoms with Gasteiger partial charge < -0.3 is 5.32 Å². The summed E-state index contributed by atoms with van der Waals surface area (Å²) >= 11 is 1.09. The fraction of sp³-hybridized carbons (Fsp3) is 0.154. The highest BCUT2D eigenvalue weighted by Gasteiger charge is 2.23. The zero-order valence-corrected chi connectivity index (χ0v) is 12.6. The lowest BCUT2D eigenvalue weighted by atomic mass is 10.2. The first kappa shape index (κ1) is 14.5. The molecule has 1 aromatic carbocycles. The molecule has 1 amide bonds. The third-order valence-corrected chi connectivity index (χ3v) is 5.12. The Kier molecular flexibility index (Phi) is 4.10. The number of nitrogens with one attached hydrogen (secondary N) is 2. The minimum absolute atomic E-state index is 0.0116. The summed E-state index contributed by atoms with van der Waals surface area (Å²) in [5, 5.41) is 4.01. The summed E-state index contributed by atoms with van der Waals surface area (Å²) in [6.45, 7) is 1.92. The van der Waals surface area contributed by atoms with Crippen LogP contribution >= 0.6 is 11.3 Å². The van der Waals surface area contributed by atoms with Crippen molar-refractivity contribution in [1.29, 1.82) is 0 Å². The Hall–Kier alpha value is -1.86. The van der Waals surface area contributed by atoms with Gasteiger partial charge in [0.25, 0.3) is 15.9 Å². The number of hydrogen-bond acceptors (Lipinski definition) is 4. The van der Waals surface area contributed by atoms with Gasteiger partial charge in [0, 0.05) is 12.7 Å². The van der Waals surface area contributed by atoms with Gasteiger partial charge in [-0.2, -0.15) is 0 Å². The number of anilines is 1. The van der Waals surface area contributed by atoms with E-state index in [0.29, 0.717) is 5.69 Å². The third-order valence-electron chi connectivity index (χ3n) is 2.66. The molecular weight excluding hydrogens is 296 g/mol. The second kappa shape index (κ2) is 5.64. The number of aryl methyl sites for hydroxylation is 1. The van der Waals surface area contributed by atoms with Crippen molar-refractivity contribution in [2.75, 3.05) is 11.8 Å². The summed E-state index contributed by atoms with van der Waals surface area (Å²) in [5.41, 5.74) is 1.50. The van der Waals surface area contributed by atoms with Crippen LogP contribution in [0.2, 0.25) is 0 Å². The maximum atomic E-state index is 12.3. The van der Waals surface area contributed by atoms with Crippen molar-refractivity contribution in [3.63, 3.8) is 0 Å². The Bertz CT molecular complexity index is 718. The van der Waals surface area contributed by atoms with Gasteiger partial charge >= 0.3 is 0 Å². The van der Waals surface area contributed by atoms with E-state index in [1.54, 1.807) is 17.5 Å². The summed E-state index contributed by atoms with van der Waals surface area (Å²) in [4.78, 5) is 11.8. The first-order valence-corrected chi connectivity index (χ1v) is 8.19. The molecule has 0 saturated carbocycles. The molecule has 20 heavy (non-hydrogen) atoms. The zero-order valence-electron chi connectivity index (χ0n) is 11.0. The number of hydrogen-bond donors (Lipinski definition) is 2. The molecule has 106 valence electrons. The Labute approximate surface area is 121 Å². The minimum atomic E-state index is -3.77. The number of benzene rings is 1. The molecule has 2 rings (SSSR count). The van der Waals surface area contributed by atoms with Crippen LogP contribution in [0.25, 0.3) is 0 Å². The molecule has 2 N–H and O–H groups in total. The van der Waals surface area contributed by atoms with Gasteiger partial charge in [0.2, 0.25) is 0 Å². The molecule has 1 heterocycles. The molecule has 0 spiro atoms. The Morgan fingerprint density at radius 3 is 2.40 bits per heavy atom. The van der Waals surface area contributed by atoms with Crippen LogP contribution in [0.3, 0.4) is 0 Å². The van der Waals surface area contributed by atoms with Crippen molar-refractivity contribution < 1.29 is 13.2 Å². The predicted octanol–water partition coefficient (Wildman–Crippen LogP) is 2.22. The molecule has 0 aliphatic rings. The average Bonchev–Trinajstić information content (AvgIpc) is 2.90. The van der Waals surface area contributed by atoms with Crippen LogP contribution < -0.4 is 10.0 Å². The van der Waals surface area contributed by atoms with Crippen molar-refractivity contribution in [1.82, 2.24) is 5.32 Å². The molecule has 0 atom stereocenters. The summed E-state index contributed by atoms with van der Waals surface area (Å²) in [6.07, 6.45) is 0. The molecule has 0 saturated heterocycles. The maximum Gasteiger partial charge on any atom is 0.263 e. The summed E-state index contributed by atoms with van der Waals surface area (Å²) in [7, 11) is -2.30. The average molecular weight is 310 g/mol. The summed E-state index contributed by atoms with van der Waals surface area (Å²) in [6, 6.07) is 8.40.